The average Bonchev–Trinajstić information content (AvgIpc) is 2.66. The van der Waals surface area contributed by atoms with Gasteiger partial charge >= 0.3 is 0 Å². The van der Waals surface area contributed by atoms with Crippen LogP contribution >= 0.6 is 0 Å². The summed E-state index contributed by atoms with van der Waals surface area (Å²) in [6, 6.07) is 13.2. The molecule has 0 fully saturated rings. The van der Waals surface area contributed by atoms with Gasteiger partial charge in [0.2, 0.25) is 10.0 Å². The molecule has 0 spiro atoms. The van der Waals surface area contributed by atoms with Crippen LogP contribution in [0.3, 0.4) is 0 Å². The minimum absolute atomic E-state index is 0.139. The third-order valence-electron chi connectivity index (χ3n) is 3.95. The molecule has 3 rings (SSSR count). The zero-order valence-corrected chi connectivity index (χ0v) is 15.3. The fraction of sp³-hybridized carbons (Fsp3) is 0.278. The highest BCUT2D eigenvalue weighted by Gasteiger charge is 2.22. The van der Waals surface area contributed by atoms with E-state index in [4.69, 9.17) is 9.47 Å². The maximum Gasteiger partial charge on any atom is 0.251 e. The van der Waals surface area contributed by atoms with Crippen LogP contribution in [0, 0.1) is 0 Å². The number of amides is 1. The molecule has 138 valence electrons. The molecule has 1 amide bonds. The van der Waals surface area contributed by atoms with E-state index in [9.17, 15) is 13.2 Å². The number of sulfonamides is 1. The van der Waals surface area contributed by atoms with Gasteiger partial charge in [-0.3, -0.25) is 4.79 Å². The topological polar surface area (TPSA) is 84.9 Å². The van der Waals surface area contributed by atoms with Gasteiger partial charge in [0.15, 0.2) is 11.5 Å². The van der Waals surface area contributed by atoms with E-state index in [0.717, 1.165) is 4.31 Å². The molecule has 1 atom stereocenters. The molecule has 1 aliphatic heterocycles. The van der Waals surface area contributed by atoms with Crippen molar-refractivity contribution < 1.29 is 22.7 Å². The second-order valence-electron chi connectivity index (χ2n) is 6.02. The van der Waals surface area contributed by atoms with Crippen molar-refractivity contribution in [3.63, 3.8) is 0 Å². The maximum atomic E-state index is 12.3. The molecule has 1 N–H and O–H groups in total. The third-order valence-corrected chi connectivity index (χ3v) is 5.78. The van der Waals surface area contributed by atoms with E-state index in [1.165, 1.54) is 38.4 Å². The number of nitrogens with one attached hydrogen (secondary N) is 1. The lowest BCUT2D eigenvalue weighted by Gasteiger charge is -2.26. The first-order valence-corrected chi connectivity index (χ1v) is 9.51. The monoisotopic (exact) mass is 376 g/mol. The van der Waals surface area contributed by atoms with Gasteiger partial charge in [0, 0.05) is 19.7 Å². The quantitative estimate of drug-likeness (QED) is 0.855. The molecule has 8 heteroatoms. The van der Waals surface area contributed by atoms with Crippen LogP contribution < -0.4 is 14.8 Å². The largest absolute Gasteiger partial charge is 0.486 e. The molecule has 26 heavy (non-hydrogen) atoms. The molecule has 7 nitrogen and oxygen atoms in total. The Balaban J connectivity index is 1.59. The van der Waals surface area contributed by atoms with Gasteiger partial charge in [-0.15, -0.1) is 0 Å². The first-order valence-electron chi connectivity index (χ1n) is 8.07. The highest BCUT2D eigenvalue weighted by molar-refractivity contribution is 7.89. The van der Waals surface area contributed by atoms with Gasteiger partial charge in [-0.05, 0) is 36.4 Å². The van der Waals surface area contributed by atoms with E-state index < -0.39 is 10.0 Å². The number of carbonyl (C=O) groups excluding carboxylic acids is 1. The van der Waals surface area contributed by atoms with Crippen molar-refractivity contribution in [3.8, 4) is 11.5 Å². The van der Waals surface area contributed by atoms with Crippen molar-refractivity contribution in [1.82, 2.24) is 9.62 Å². The van der Waals surface area contributed by atoms with Crippen LogP contribution in [0.25, 0.3) is 0 Å². The van der Waals surface area contributed by atoms with Crippen molar-refractivity contribution in [2.75, 3.05) is 27.2 Å². The Labute approximate surface area is 152 Å². The van der Waals surface area contributed by atoms with Gasteiger partial charge < -0.3 is 14.8 Å². The lowest BCUT2D eigenvalue weighted by atomic mass is 10.2. The smallest absolute Gasteiger partial charge is 0.251 e. The summed E-state index contributed by atoms with van der Waals surface area (Å²) in [6.07, 6.45) is -0.290. The first kappa shape index (κ1) is 18.2. The molecule has 0 aromatic heterocycles. The predicted octanol–water partition coefficient (Wildman–Crippen LogP) is 1.51. The van der Waals surface area contributed by atoms with E-state index in [1.54, 1.807) is 0 Å². The van der Waals surface area contributed by atoms with Crippen molar-refractivity contribution in [3.05, 3.63) is 54.1 Å². The number of rotatable bonds is 5. The average molecular weight is 376 g/mol. The first-order chi connectivity index (χ1) is 12.4. The second-order valence-corrected chi connectivity index (χ2v) is 8.17. The molecule has 0 radical (unpaired) electrons. The lowest BCUT2D eigenvalue weighted by Crippen LogP contribution is -2.40. The molecular formula is C18H20N2O5S. The zero-order chi connectivity index (χ0) is 18.7. The number of fused-ring (bicyclic) bond motifs is 1. The number of ether oxygens (including phenoxy) is 2. The minimum Gasteiger partial charge on any atom is -0.486 e. The van der Waals surface area contributed by atoms with Crippen LogP contribution in [0.4, 0.5) is 0 Å². The van der Waals surface area contributed by atoms with Crippen LogP contribution in [0.1, 0.15) is 10.4 Å². The second kappa shape index (κ2) is 7.35. The molecular weight excluding hydrogens is 356 g/mol. The number of hydrogen-bond acceptors (Lipinski definition) is 5. The zero-order valence-electron chi connectivity index (χ0n) is 14.5. The van der Waals surface area contributed by atoms with Crippen LogP contribution in [-0.2, 0) is 10.0 Å². The summed E-state index contributed by atoms with van der Waals surface area (Å²) in [5, 5.41) is 2.78. The van der Waals surface area contributed by atoms with Gasteiger partial charge in [0.05, 0.1) is 11.4 Å². The Hall–Kier alpha value is -2.58. The Morgan fingerprint density at radius 3 is 2.42 bits per heavy atom. The van der Waals surface area contributed by atoms with Crippen molar-refractivity contribution in [1.29, 1.82) is 0 Å². The number of carbonyl (C=O) groups is 1. The van der Waals surface area contributed by atoms with Crippen molar-refractivity contribution in [2.45, 2.75) is 11.0 Å². The Bertz CT molecular complexity index is 894. The predicted molar refractivity (Wildman–Crippen MR) is 96.0 cm³/mol. The molecule has 2 aromatic rings. The van der Waals surface area contributed by atoms with E-state index in [2.05, 4.69) is 5.32 Å². The standard InChI is InChI=1S/C18H20N2O5S/c1-20(2)26(22,23)15-9-7-13(8-10-15)18(21)19-11-14-12-24-16-5-3-4-6-17(16)25-14/h3-10,14H,11-12H2,1-2H3,(H,19,21)/t14-/m0/s1. The van der Waals surface area contributed by atoms with Crippen LogP contribution in [0.15, 0.2) is 53.4 Å². The fourth-order valence-electron chi connectivity index (χ4n) is 2.46. The van der Waals surface area contributed by atoms with Gasteiger partial charge in [0.1, 0.15) is 12.7 Å². The third kappa shape index (κ3) is 3.81. The van der Waals surface area contributed by atoms with E-state index >= 15 is 0 Å². The highest BCUT2D eigenvalue weighted by atomic mass is 32.2. The SMILES string of the molecule is CN(C)S(=O)(=O)c1ccc(C(=O)NC[C@H]2COc3ccccc3O2)cc1. The summed E-state index contributed by atoms with van der Waals surface area (Å²) in [4.78, 5) is 12.4. The number of para-hydroxylation sites is 2. The van der Waals surface area contributed by atoms with Crippen LogP contribution in [0.2, 0.25) is 0 Å². The van der Waals surface area contributed by atoms with E-state index in [-0.39, 0.29) is 23.5 Å². The molecule has 2 aromatic carbocycles. The number of nitrogens with zero attached hydrogens (tertiary/aromatic N) is 1. The maximum absolute atomic E-state index is 12.3. The van der Waals surface area contributed by atoms with Crippen LogP contribution in [-0.4, -0.2) is 52.0 Å². The summed E-state index contributed by atoms with van der Waals surface area (Å²) in [7, 11) is -0.595. The summed E-state index contributed by atoms with van der Waals surface area (Å²) in [5.74, 6) is 1.03. The summed E-state index contributed by atoms with van der Waals surface area (Å²) < 4.78 is 36.6. The normalized spacial score (nSPS) is 16.3. The molecule has 0 saturated carbocycles. The molecule has 0 unspecified atom stereocenters. The summed E-state index contributed by atoms with van der Waals surface area (Å²) in [5.41, 5.74) is 0.375. The molecule has 0 saturated heterocycles. The molecule has 0 bridgehead atoms. The van der Waals surface area contributed by atoms with E-state index in [1.807, 2.05) is 24.3 Å². The van der Waals surface area contributed by atoms with Crippen LogP contribution in [0.5, 0.6) is 11.5 Å². The van der Waals surface area contributed by atoms with Crippen molar-refractivity contribution in [2.24, 2.45) is 0 Å². The summed E-state index contributed by atoms with van der Waals surface area (Å²) >= 11 is 0. The van der Waals surface area contributed by atoms with Gasteiger partial charge in [-0.2, -0.15) is 0 Å². The van der Waals surface area contributed by atoms with Gasteiger partial charge in [0.25, 0.3) is 5.91 Å². The van der Waals surface area contributed by atoms with Gasteiger partial charge in [-0.1, -0.05) is 12.1 Å². The molecule has 1 heterocycles. The minimum atomic E-state index is -3.51. The molecule has 1 aliphatic rings. The Kier molecular flexibility index (Phi) is 5.15. The Morgan fingerprint density at radius 1 is 1.12 bits per heavy atom. The van der Waals surface area contributed by atoms with Crippen molar-refractivity contribution >= 4 is 15.9 Å². The molecule has 0 aliphatic carbocycles. The lowest BCUT2D eigenvalue weighted by molar-refractivity contribution is 0.0789. The number of hydrogen-bond donors (Lipinski definition) is 1. The van der Waals surface area contributed by atoms with Gasteiger partial charge in [-0.25, -0.2) is 12.7 Å². The fourth-order valence-corrected chi connectivity index (χ4v) is 3.36. The summed E-state index contributed by atoms with van der Waals surface area (Å²) in [6.45, 7) is 0.627. The number of benzene rings is 2. The highest BCUT2D eigenvalue weighted by Crippen LogP contribution is 2.30. The Morgan fingerprint density at radius 2 is 1.77 bits per heavy atom. The van der Waals surface area contributed by atoms with E-state index in [0.29, 0.717) is 23.7 Å².